The molecule has 0 aliphatic heterocycles. The van der Waals surface area contributed by atoms with Gasteiger partial charge >= 0.3 is 11.9 Å². The van der Waals surface area contributed by atoms with Crippen molar-refractivity contribution >= 4 is 17.6 Å². The van der Waals surface area contributed by atoms with Crippen LogP contribution in [0, 0.1) is 10.1 Å². The third-order valence-corrected chi connectivity index (χ3v) is 1.87. The molecule has 17 heavy (non-hydrogen) atoms. The van der Waals surface area contributed by atoms with Crippen molar-refractivity contribution < 1.29 is 24.4 Å². The minimum Gasteiger partial charge on any atom is -0.481 e. The number of carbonyl (C=O) groups is 2. The molecule has 0 fully saturated rings. The van der Waals surface area contributed by atoms with Crippen molar-refractivity contribution in [2.24, 2.45) is 0 Å². The van der Waals surface area contributed by atoms with Gasteiger partial charge in [-0.3, -0.25) is 14.9 Å². The number of aliphatic carboxylic acids is 1. The number of carboxylic acids is 1. The summed E-state index contributed by atoms with van der Waals surface area (Å²) in [6.45, 7) is -0.319. The molecule has 1 aromatic rings. The second kappa shape index (κ2) is 5.59. The van der Waals surface area contributed by atoms with Crippen LogP contribution in [0.4, 0.5) is 5.69 Å². The zero-order valence-electron chi connectivity index (χ0n) is 8.66. The molecule has 0 aliphatic carbocycles. The lowest BCUT2D eigenvalue weighted by Crippen LogP contribution is -2.11. The van der Waals surface area contributed by atoms with Crippen LogP contribution in [-0.4, -0.2) is 28.6 Å². The summed E-state index contributed by atoms with van der Waals surface area (Å²) in [5.74, 6) is -2.01. The minimum absolute atomic E-state index is 0.192. The Morgan fingerprint density at radius 3 is 2.59 bits per heavy atom. The summed E-state index contributed by atoms with van der Waals surface area (Å²) >= 11 is 0. The van der Waals surface area contributed by atoms with E-state index >= 15 is 0 Å². The number of esters is 1. The Morgan fingerprint density at radius 1 is 1.35 bits per heavy atom. The van der Waals surface area contributed by atoms with Crippen LogP contribution in [0.5, 0.6) is 0 Å². The third kappa shape index (κ3) is 3.56. The molecule has 0 bridgehead atoms. The molecule has 7 heteroatoms. The average Bonchev–Trinajstić information content (AvgIpc) is 2.28. The first-order chi connectivity index (χ1) is 8.02. The van der Waals surface area contributed by atoms with Crippen LogP contribution < -0.4 is 0 Å². The SMILES string of the molecule is O=C(O)CCOC(=O)c1ccccc1[N+](=O)[O-]. The Kier molecular flexibility index (Phi) is 4.15. The van der Waals surface area contributed by atoms with E-state index < -0.39 is 16.9 Å². The summed E-state index contributed by atoms with van der Waals surface area (Å²) in [6, 6.07) is 5.31. The number of carboxylic acid groups (broad SMARTS) is 1. The Bertz CT molecular complexity index is 456. The lowest BCUT2D eigenvalue weighted by atomic mass is 10.2. The first kappa shape index (κ1) is 12.6. The highest BCUT2D eigenvalue weighted by molar-refractivity contribution is 5.93. The highest BCUT2D eigenvalue weighted by Gasteiger charge is 2.20. The van der Waals surface area contributed by atoms with E-state index in [1.165, 1.54) is 24.3 Å². The smallest absolute Gasteiger partial charge is 0.345 e. The molecule has 0 spiro atoms. The number of hydrogen-bond acceptors (Lipinski definition) is 5. The van der Waals surface area contributed by atoms with E-state index in [-0.39, 0.29) is 24.3 Å². The number of nitro groups is 1. The maximum absolute atomic E-state index is 11.4. The van der Waals surface area contributed by atoms with E-state index in [1.54, 1.807) is 0 Å². The summed E-state index contributed by atoms with van der Waals surface area (Å²) < 4.78 is 4.61. The second-order valence-electron chi connectivity index (χ2n) is 3.05. The summed E-state index contributed by atoms with van der Waals surface area (Å²) in [7, 11) is 0. The first-order valence-electron chi connectivity index (χ1n) is 4.64. The fourth-order valence-corrected chi connectivity index (χ4v) is 1.11. The van der Waals surface area contributed by atoms with Gasteiger partial charge in [0, 0.05) is 6.07 Å². The van der Waals surface area contributed by atoms with Gasteiger partial charge in [-0.25, -0.2) is 4.79 Å². The zero-order chi connectivity index (χ0) is 12.8. The van der Waals surface area contributed by atoms with E-state index in [0.29, 0.717) is 0 Å². The van der Waals surface area contributed by atoms with Gasteiger partial charge in [0.2, 0.25) is 0 Å². The molecule has 0 atom stereocenters. The van der Waals surface area contributed by atoms with Gasteiger partial charge in [0.15, 0.2) is 0 Å². The molecule has 0 saturated carbocycles. The van der Waals surface area contributed by atoms with Crippen LogP contribution in [0.25, 0.3) is 0 Å². The van der Waals surface area contributed by atoms with Crippen molar-refractivity contribution in [1.82, 2.24) is 0 Å². The number of carbonyl (C=O) groups excluding carboxylic acids is 1. The molecule has 0 aromatic heterocycles. The monoisotopic (exact) mass is 239 g/mol. The van der Waals surface area contributed by atoms with E-state index in [4.69, 9.17) is 5.11 Å². The molecule has 0 aliphatic rings. The molecule has 0 saturated heterocycles. The molecule has 1 rings (SSSR count). The summed E-state index contributed by atoms with van der Waals surface area (Å²) in [5.41, 5.74) is -0.560. The second-order valence-corrected chi connectivity index (χ2v) is 3.05. The Morgan fingerprint density at radius 2 is 2.00 bits per heavy atom. The number of rotatable bonds is 5. The van der Waals surface area contributed by atoms with Gasteiger partial charge in [-0.1, -0.05) is 12.1 Å². The molecule has 0 unspecified atom stereocenters. The lowest BCUT2D eigenvalue weighted by Gasteiger charge is -2.03. The molecule has 0 radical (unpaired) electrons. The largest absolute Gasteiger partial charge is 0.481 e. The molecule has 0 heterocycles. The Balaban J connectivity index is 2.75. The number of ether oxygens (including phenoxy) is 1. The third-order valence-electron chi connectivity index (χ3n) is 1.87. The number of nitrogens with zero attached hydrogens (tertiary/aromatic N) is 1. The number of hydrogen-bond donors (Lipinski definition) is 1. The lowest BCUT2D eigenvalue weighted by molar-refractivity contribution is -0.385. The van der Waals surface area contributed by atoms with E-state index in [9.17, 15) is 19.7 Å². The first-order valence-corrected chi connectivity index (χ1v) is 4.64. The molecule has 7 nitrogen and oxygen atoms in total. The van der Waals surface area contributed by atoms with Gasteiger partial charge < -0.3 is 9.84 Å². The highest BCUT2D eigenvalue weighted by Crippen LogP contribution is 2.18. The molecular formula is C10H9NO6. The summed E-state index contributed by atoms with van der Waals surface area (Å²) in [5, 5.41) is 19.0. The van der Waals surface area contributed by atoms with Gasteiger partial charge in [-0.15, -0.1) is 0 Å². The summed E-state index contributed by atoms with van der Waals surface area (Å²) in [4.78, 5) is 31.5. The fourth-order valence-electron chi connectivity index (χ4n) is 1.11. The molecule has 1 aromatic carbocycles. The normalized spacial score (nSPS) is 9.65. The van der Waals surface area contributed by atoms with E-state index in [0.717, 1.165) is 0 Å². The maximum atomic E-state index is 11.4. The molecular weight excluding hydrogens is 230 g/mol. The maximum Gasteiger partial charge on any atom is 0.345 e. The van der Waals surface area contributed by atoms with Crippen molar-refractivity contribution in [3.05, 3.63) is 39.9 Å². The van der Waals surface area contributed by atoms with Gasteiger partial charge in [0.1, 0.15) is 12.2 Å². The predicted octanol–water partition coefficient (Wildman–Crippen LogP) is 1.23. The quantitative estimate of drug-likeness (QED) is 0.470. The molecule has 90 valence electrons. The topological polar surface area (TPSA) is 107 Å². The standard InChI is InChI=1S/C10H9NO6/c12-9(13)5-6-17-10(14)7-3-1-2-4-8(7)11(15)16/h1-4H,5-6H2,(H,12,13). The van der Waals surface area contributed by atoms with Crippen LogP contribution in [-0.2, 0) is 9.53 Å². The number of nitro benzene ring substituents is 1. The Labute approximate surface area is 95.8 Å². The zero-order valence-corrected chi connectivity index (χ0v) is 8.66. The van der Waals surface area contributed by atoms with Gasteiger partial charge in [0.25, 0.3) is 5.69 Å². The minimum atomic E-state index is -1.11. The van der Waals surface area contributed by atoms with Crippen molar-refractivity contribution in [3.8, 4) is 0 Å². The van der Waals surface area contributed by atoms with Gasteiger partial charge in [0.05, 0.1) is 11.3 Å². The summed E-state index contributed by atoms with van der Waals surface area (Å²) in [6.07, 6.45) is -0.341. The molecule has 1 N–H and O–H groups in total. The van der Waals surface area contributed by atoms with Crippen LogP contribution in [0.2, 0.25) is 0 Å². The van der Waals surface area contributed by atoms with Crippen LogP contribution in [0.1, 0.15) is 16.8 Å². The van der Waals surface area contributed by atoms with E-state index in [1.807, 2.05) is 0 Å². The van der Waals surface area contributed by atoms with Gasteiger partial charge in [-0.05, 0) is 6.07 Å². The van der Waals surface area contributed by atoms with Crippen molar-refractivity contribution in [2.45, 2.75) is 6.42 Å². The highest BCUT2D eigenvalue weighted by atomic mass is 16.6. The van der Waals surface area contributed by atoms with Crippen LogP contribution in [0.3, 0.4) is 0 Å². The molecule has 0 amide bonds. The average molecular weight is 239 g/mol. The van der Waals surface area contributed by atoms with Gasteiger partial charge in [-0.2, -0.15) is 0 Å². The predicted molar refractivity (Wildman–Crippen MR) is 55.6 cm³/mol. The van der Waals surface area contributed by atoms with Crippen molar-refractivity contribution in [1.29, 1.82) is 0 Å². The van der Waals surface area contributed by atoms with E-state index in [2.05, 4.69) is 4.74 Å². The van der Waals surface area contributed by atoms with Crippen LogP contribution in [0.15, 0.2) is 24.3 Å². The fraction of sp³-hybridized carbons (Fsp3) is 0.200. The van der Waals surface area contributed by atoms with Crippen molar-refractivity contribution in [2.75, 3.05) is 6.61 Å². The Hall–Kier alpha value is -2.44. The number of benzene rings is 1. The van der Waals surface area contributed by atoms with Crippen LogP contribution >= 0.6 is 0 Å². The van der Waals surface area contributed by atoms with Crippen molar-refractivity contribution in [3.63, 3.8) is 0 Å². The number of para-hydroxylation sites is 1.